The number of fused-ring (bicyclic) bond motifs is 1. The molecule has 4 rings (SSSR count). The highest BCUT2D eigenvalue weighted by atomic mass is 16.7. The zero-order valence-corrected chi connectivity index (χ0v) is 17.4. The Morgan fingerprint density at radius 3 is 2.69 bits per heavy atom. The Morgan fingerprint density at radius 1 is 1.16 bits per heavy atom. The molecule has 0 unspecified atom stereocenters. The third-order valence-corrected chi connectivity index (χ3v) is 5.06. The fourth-order valence-corrected chi connectivity index (χ4v) is 3.50. The van der Waals surface area contributed by atoms with Gasteiger partial charge in [-0.3, -0.25) is 24.0 Å². The Bertz CT molecular complexity index is 1250. The average molecular weight is 438 g/mol. The molecule has 3 aromatic rings. The minimum absolute atomic E-state index is 0.0115. The number of para-hydroxylation sites is 1. The smallest absolute Gasteiger partial charge is 0.330 e. The second kappa shape index (κ2) is 8.98. The highest BCUT2D eigenvalue weighted by molar-refractivity contribution is 6.09. The molecule has 0 atom stereocenters. The molecule has 2 heterocycles. The number of amides is 1. The molecule has 0 bridgehead atoms. The Morgan fingerprint density at radius 2 is 1.94 bits per heavy atom. The summed E-state index contributed by atoms with van der Waals surface area (Å²) in [5, 5.41) is 0. The Hall–Kier alpha value is -4.05. The fraction of sp³-hybridized carbons (Fsp3) is 0.227. The van der Waals surface area contributed by atoms with E-state index in [4.69, 9.17) is 19.9 Å². The SMILES string of the molecule is COCCN(C(=O)c1cccc2c1OCO2)c1c(N)n(Cc2ccccc2)c(=O)[nH]c1=O. The predicted molar refractivity (Wildman–Crippen MR) is 117 cm³/mol. The van der Waals surface area contributed by atoms with Crippen LogP contribution in [0.25, 0.3) is 0 Å². The minimum Gasteiger partial charge on any atom is -0.454 e. The van der Waals surface area contributed by atoms with Crippen LogP contribution in [-0.2, 0) is 11.3 Å². The predicted octanol–water partition coefficient (Wildman–Crippen LogP) is 1.19. The maximum atomic E-state index is 13.5. The van der Waals surface area contributed by atoms with Gasteiger partial charge in [0.1, 0.15) is 5.82 Å². The van der Waals surface area contributed by atoms with Crippen molar-refractivity contribution in [2.45, 2.75) is 6.54 Å². The zero-order valence-electron chi connectivity index (χ0n) is 17.4. The number of anilines is 2. The van der Waals surface area contributed by atoms with Crippen LogP contribution in [0.2, 0.25) is 0 Å². The summed E-state index contributed by atoms with van der Waals surface area (Å²) >= 11 is 0. The van der Waals surface area contributed by atoms with Gasteiger partial charge < -0.3 is 19.9 Å². The Labute approximate surface area is 182 Å². The quantitative estimate of drug-likeness (QED) is 0.567. The van der Waals surface area contributed by atoms with Crippen LogP contribution >= 0.6 is 0 Å². The number of nitrogens with one attached hydrogen (secondary N) is 1. The van der Waals surface area contributed by atoms with Crippen molar-refractivity contribution >= 4 is 17.4 Å². The number of nitrogens with two attached hydrogens (primary N) is 1. The van der Waals surface area contributed by atoms with Crippen molar-refractivity contribution in [3.63, 3.8) is 0 Å². The molecule has 166 valence electrons. The molecule has 0 radical (unpaired) electrons. The molecule has 10 heteroatoms. The monoisotopic (exact) mass is 438 g/mol. The lowest BCUT2D eigenvalue weighted by atomic mass is 10.1. The van der Waals surface area contributed by atoms with E-state index in [1.807, 2.05) is 30.3 Å². The number of aromatic amines is 1. The van der Waals surface area contributed by atoms with Gasteiger partial charge in [-0.05, 0) is 17.7 Å². The van der Waals surface area contributed by atoms with Crippen LogP contribution in [0.4, 0.5) is 11.5 Å². The summed E-state index contributed by atoms with van der Waals surface area (Å²) in [6.45, 7) is 0.271. The van der Waals surface area contributed by atoms with Crippen LogP contribution in [-0.4, -0.2) is 42.5 Å². The molecule has 1 aliphatic heterocycles. The molecule has 10 nitrogen and oxygen atoms in total. The number of nitrogen functional groups attached to an aromatic ring is 1. The van der Waals surface area contributed by atoms with E-state index in [1.54, 1.807) is 18.2 Å². The summed E-state index contributed by atoms with van der Waals surface area (Å²) in [4.78, 5) is 42.3. The van der Waals surface area contributed by atoms with Gasteiger partial charge in [0.25, 0.3) is 11.5 Å². The molecule has 0 aliphatic carbocycles. The van der Waals surface area contributed by atoms with Crippen LogP contribution in [0.15, 0.2) is 58.1 Å². The Balaban J connectivity index is 1.81. The first-order valence-corrected chi connectivity index (χ1v) is 9.87. The van der Waals surface area contributed by atoms with E-state index < -0.39 is 17.2 Å². The number of ether oxygens (including phenoxy) is 3. The van der Waals surface area contributed by atoms with E-state index in [0.29, 0.717) is 5.75 Å². The number of aromatic nitrogens is 2. The molecule has 0 saturated carbocycles. The summed E-state index contributed by atoms with van der Waals surface area (Å²) in [5.74, 6) is 0.0503. The molecular formula is C22H22N4O6. The zero-order chi connectivity index (χ0) is 22.7. The van der Waals surface area contributed by atoms with Crippen LogP contribution in [0, 0.1) is 0 Å². The number of rotatable bonds is 7. The Kier molecular flexibility index (Phi) is 5.95. The number of carbonyl (C=O) groups is 1. The number of benzene rings is 2. The van der Waals surface area contributed by atoms with E-state index in [2.05, 4.69) is 4.98 Å². The molecule has 0 fully saturated rings. The van der Waals surface area contributed by atoms with E-state index in [9.17, 15) is 14.4 Å². The number of hydrogen-bond acceptors (Lipinski definition) is 7. The molecule has 1 aliphatic rings. The molecule has 0 spiro atoms. The lowest BCUT2D eigenvalue weighted by molar-refractivity contribution is 0.0971. The van der Waals surface area contributed by atoms with Gasteiger partial charge in [0.05, 0.1) is 18.7 Å². The highest BCUT2D eigenvalue weighted by Crippen LogP contribution is 2.36. The minimum atomic E-state index is -0.772. The summed E-state index contributed by atoms with van der Waals surface area (Å²) in [5.41, 5.74) is 5.72. The molecule has 1 aromatic heterocycles. The molecule has 2 aromatic carbocycles. The van der Waals surface area contributed by atoms with Crippen molar-refractivity contribution in [2.75, 3.05) is 37.7 Å². The van der Waals surface area contributed by atoms with E-state index in [0.717, 1.165) is 5.56 Å². The van der Waals surface area contributed by atoms with Crippen molar-refractivity contribution in [3.05, 3.63) is 80.5 Å². The van der Waals surface area contributed by atoms with Gasteiger partial charge in [-0.1, -0.05) is 36.4 Å². The van der Waals surface area contributed by atoms with Crippen molar-refractivity contribution in [3.8, 4) is 11.5 Å². The molecule has 32 heavy (non-hydrogen) atoms. The van der Waals surface area contributed by atoms with Crippen LogP contribution in [0.1, 0.15) is 15.9 Å². The lowest BCUT2D eigenvalue weighted by Crippen LogP contribution is -2.42. The topological polar surface area (TPSA) is 129 Å². The molecule has 3 N–H and O–H groups in total. The molecule has 1 amide bonds. The van der Waals surface area contributed by atoms with Gasteiger partial charge in [0.2, 0.25) is 6.79 Å². The van der Waals surface area contributed by atoms with Crippen molar-refractivity contribution in [2.24, 2.45) is 0 Å². The molecule has 0 saturated heterocycles. The summed E-state index contributed by atoms with van der Waals surface area (Å²) in [6, 6.07) is 14.1. The third kappa shape index (κ3) is 3.95. The molecular weight excluding hydrogens is 416 g/mol. The maximum Gasteiger partial charge on any atom is 0.330 e. The van der Waals surface area contributed by atoms with Gasteiger partial charge in [-0.15, -0.1) is 0 Å². The van der Waals surface area contributed by atoms with Crippen molar-refractivity contribution in [1.82, 2.24) is 9.55 Å². The van der Waals surface area contributed by atoms with E-state index in [1.165, 1.54) is 16.6 Å². The first kappa shape index (κ1) is 21.2. The first-order chi connectivity index (χ1) is 15.5. The van der Waals surface area contributed by atoms with Crippen molar-refractivity contribution in [1.29, 1.82) is 0 Å². The standard InChI is InChI=1S/C22H22N4O6/c1-30-11-10-25(21(28)15-8-5-9-16-18(15)32-13-31-16)17-19(23)26(22(29)24-20(17)27)12-14-6-3-2-4-7-14/h2-9H,10-13,23H2,1H3,(H,24,27,29). The highest BCUT2D eigenvalue weighted by Gasteiger charge is 2.29. The first-order valence-electron chi connectivity index (χ1n) is 9.87. The van der Waals surface area contributed by atoms with E-state index in [-0.39, 0.29) is 49.3 Å². The second-order valence-electron chi connectivity index (χ2n) is 7.05. The number of hydrogen-bond donors (Lipinski definition) is 2. The number of nitrogens with zero attached hydrogens (tertiary/aromatic N) is 2. The summed E-state index contributed by atoms with van der Waals surface area (Å²) < 4.78 is 17.1. The maximum absolute atomic E-state index is 13.5. The van der Waals surface area contributed by atoms with Crippen molar-refractivity contribution < 1.29 is 19.0 Å². The van der Waals surface area contributed by atoms with Gasteiger partial charge in [0.15, 0.2) is 17.2 Å². The fourth-order valence-electron chi connectivity index (χ4n) is 3.50. The largest absolute Gasteiger partial charge is 0.454 e. The third-order valence-electron chi connectivity index (χ3n) is 5.06. The lowest BCUT2D eigenvalue weighted by Gasteiger charge is -2.24. The summed E-state index contributed by atoms with van der Waals surface area (Å²) in [7, 11) is 1.48. The van der Waals surface area contributed by atoms with E-state index >= 15 is 0 Å². The normalized spacial score (nSPS) is 12.0. The van der Waals surface area contributed by atoms with Gasteiger partial charge in [-0.25, -0.2) is 4.79 Å². The van der Waals surface area contributed by atoms with Crippen LogP contribution < -0.4 is 31.4 Å². The van der Waals surface area contributed by atoms with Gasteiger partial charge in [-0.2, -0.15) is 0 Å². The number of carbonyl (C=O) groups excluding carboxylic acids is 1. The van der Waals surface area contributed by atoms with Gasteiger partial charge >= 0.3 is 5.69 Å². The second-order valence-corrected chi connectivity index (χ2v) is 7.05. The van der Waals surface area contributed by atoms with Crippen LogP contribution in [0.5, 0.6) is 11.5 Å². The number of methoxy groups -OCH3 is 1. The van der Waals surface area contributed by atoms with Gasteiger partial charge in [0, 0.05) is 13.7 Å². The average Bonchev–Trinajstić information content (AvgIpc) is 3.28. The van der Waals surface area contributed by atoms with Crippen LogP contribution in [0.3, 0.4) is 0 Å². The number of H-pyrrole nitrogens is 1. The summed E-state index contributed by atoms with van der Waals surface area (Å²) in [6.07, 6.45) is 0.